The Labute approximate surface area is 140 Å². The van der Waals surface area contributed by atoms with E-state index in [0.717, 1.165) is 24.3 Å². The summed E-state index contributed by atoms with van der Waals surface area (Å²) in [5, 5.41) is 14.6. The second kappa shape index (κ2) is 5.96. The average Bonchev–Trinajstić information content (AvgIpc) is 2.94. The van der Waals surface area contributed by atoms with E-state index in [9.17, 15) is 27.5 Å². The first-order chi connectivity index (χ1) is 11.7. The Kier molecular flexibility index (Phi) is 4.08. The summed E-state index contributed by atoms with van der Waals surface area (Å²) in [6.45, 7) is 0. The Bertz CT molecular complexity index is 819. The molecule has 0 saturated heterocycles. The molecular formula is C17H12F4N2O2. The van der Waals surface area contributed by atoms with Crippen LogP contribution in [0, 0.1) is 5.82 Å². The van der Waals surface area contributed by atoms with E-state index >= 15 is 0 Å². The van der Waals surface area contributed by atoms with E-state index in [1.54, 1.807) is 6.07 Å². The van der Waals surface area contributed by atoms with Crippen LogP contribution < -0.4 is 0 Å². The molecule has 1 heterocycles. The molecule has 1 N–H and O–H groups in total. The van der Waals surface area contributed by atoms with Gasteiger partial charge in [0.2, 0.25) is 0 Å². The lowest BCUT2D eigenvalue weighted by Crippen LogP contribution is -2.43. The van der Waals surface area contributed by atoms with Crippen LogP contribution in [0.1, 0.15) is 22.3 Å². The first kappa shape index (κ1) is 17.1. The van der Waals surface area contributed by atoms with Crippen LogP contribution in [-0.4, -0.2) is 27.9 Å². The van der Waals surface area contributed by atoms with Crippen LogP contribution in [0.2, 0.25) is 0 Å². The number of carbonyl (C=O) groups excluding carboxylic acids is 1. The van der Waals surface area contributed by atoms with Crippen molar-refractivity contribution in [3.8, 4) is 0 Å². The molecule has 0 fully saturated rings. The molecule has 130 valence electrons. The number of rotatable bonds is 2. The van der Waals surface area contributed by atoms with Crippen LogP contribution in [0.4, 0.5) is 17.6 Å². The minimum Gasteiger partial charge on any atom is -0.365 e. The van der Waals surface area contributed by atoms with Gasteiger partial charge in [-0.2, -0.15) is 23.3 Å². The molecule has 8 heteroatoms. The van der Waals surface area contributed by atoms with Crippen molar-refractivity contribution < 1.29 is 27.5 Å². The molecule has 2 aromatic carbocycles. The average molecular weight is 352 g/mol. The number of alkyl halides is 3. The van der Waals surface area contributed by atoms with E-state index in [-0.39, 0.29) is 11.1 Å². The van der Waals surface area contributed by atoms with Gasteiger partial charge < -0.3 is 5.11 Å². The predicted octanol–water partition coefficient (Wildman–Crippen LogP) is 3.44. The fraction of sp³-hybridized carbons (Fsp3) is 0.176. The molecule has 25 heavy (non-hydrogen) atoms. The summed E-state index contributed by atoms with van der Waals surface area (Å²) in [6.07, 6.45) is -5.75. The maximum atomic E-state index is 13.1. The van der Waals surface area contributed by atoms with Gasteiger partial charge in [0.15, 0.2) is 5.72 Å². The number of amides is 1. The van der Waals surface area contributed by atoms with Crippen molar-refractivity contribution in [1.82, 2.24) is 5.01 Å². The molecule has 3 rings (SSSR count). The summed E-state index contributed by atoms with van der Waals surface area (Å²) >= 11 is 0. The van der Waals surface area contributed by atoms with Crippen LogP contribution in [0.25, 0.3) is 0 Å². The number of benzene rings is 2. The van der Waals surface area contributed by atoms with Gasteiger partial charge in [-0.25, -0.2) is 4.39 Å². The second-order valence-electron chi connectivity index (χ2n) is 5.53. The second-order valence-corrected chi connectivity index (χ2v) is 5.53. The van der Waals surface area contributed by atoms with Crippen LogP contribution >= 0.6 is 0 Å². The summed E-state index contributed by atoms with van der Waals surface area (Å²) in [4.78, 5) is 12.6. The summed E-state index contributed by atoms with van der Waals surface area (Å²) in [5.74, 6) is -1.52. The maximum Gasteiger partial charge on any atom is 0.431 e. The Morgan fingerprint density at radius 1 is 1.08 bits per heavy atom. The quantitative estimate of drug-likeness (QED) is 0.842. The van der Waals surface area contributed by atoms with Gasteiger partial charge in [-0.15, -0.1) is 0 Å². The van der Waals surface area contributed by atoms with Crippen LogP contribution in [0.5, 0.6) is 0 Å². The first-order valence-corrected chi connectivity index (χ1v) is 7.24. The molecule has 0 bridgehead atoms. The number of hydrogen-bond acceptors (Lipinski definition) is 3. The Balaban J connectivity index is 2.07. The highest BCUT2D eigenvalue weighted by atomic mass is 19.4. The van der Waals surface area contributed by atoms with Gasteiger partial charge in [-0.05, 0) is 24.3 Å². The number of hydrogen-bond donors (Lipinski definition) is 1. The summed E-state index contributed by atoms with van der Waals surface area (Å²) in [5.41, 5.74) is -3.65. The van der Waals surface area contributed by atoms with Gasteiger partial charge in [-0.3, -0.25) is 4.79 Å². The van der Waals surface area contributed by atoms with Crippen LogP contribution in [0.3, 0.4) is 0 Å². The van der Waals surface area contributed by atoms with Crippen molar-refractivity contribution in [3.05, 3.63) is 71.5 Å². The molecule has 1 amide bonds. The zero-order chi connectivity index (χ0) is 18.2. The molecule has 1 aliphatic rings. The summed E-state index contributed by atoms with van der Waals surface area (Å²) < 4.78 is 52.4. The molecule has 2 aromatic rings. The minimum atomic E-state index is -4.81. The zero-order valence-electron chi connectivity index (χ0n) is 12.7. The highest BCUT2D eigenvalue weighted by Crippen LogP contribution is 2.40. The van der Waals surface area contributed by atoms with Crippen molar-refractivity contribution in [1.29, 1.82) is 0 Å². The smallest absolute Gasteiger partial charge is 0.365 e. The zero-order valence-corrected chi connectivity index (χ0v) is 12.7. The first-order valence-electron chi connectivity index (χ1n) is 7.24. The maximum absolute atomic E-state index is 13.1. The van der Waals surface area contributed by atoms with E-state index < -0.39 is 35.8 Å². The third-order valence-electron chi connectivity index (χ3n) is 3.83. The van der Waals surface area contributed by atoms with E-state index in [2.05, 4.69) is 5.10 Å². The number of aliphatic hydroxyl groups is 1. The highest BCUT2D eigenvalue weighted by molar-refractivity contribution is 5.99. The molecule has 0 saturated carbocycles. The van der Waals surface area contributed by atoms with E-state index in [0.29, 0.717) is 5.01 Å². The molecule has 4 nitrogen and oxygen atoms in total. The Morgan fingerprint density at radius 3 is 2.24 bits per heavy atom. The lowest BCUT2D eigenvalue weighted by molar-refractivity contribution is -0.0816. The van der Waals surface area contributed by atoms with E-state index in [1.807, 2.05) is 0 Å². The minimum absolute atomic E-state index is 0.0650. The van der Waals surface area contributed by atoms with Crippen molar-refractivity contribution in [2.75, 3.05) is 0 Å². The lowest BCUT2D eigenvalue weighted by atomic mass is 9.96. The molecule has 0 spiro atoms. The van der Waals surface area contributed by atoms with E-state index in [4.69, 9.17) is 0 Å². The third kappa shape index (κ3) is 3.12. The molecule has 1 aliphatic heterocycles. The summed E-state index contributed by atoms with van der Waals surface area (Å²) in [6, 6.07) is 11.7. The number of nitrogens with zero attached hydrogens (tertiary/aromatic N) is 2. The normalized spacial score (nSPS) is 20.5. The fourth-order valence-corrected chi connectivity index (χ4v) is 2.56. The van der Waals surface area contributed by atoms with Gasteiger partial charge in [0.25, 0.3) is 5.91 Å². The molecule has 0 aliphatic carbocycles. The third-order valence-corrected chi connectivity index (χ3v) is 3.83. The van der Waals surface area contributed by atoms with Crippen molar-refractivity contribution >= 4 is 11.6 Å². The van der Waals surface area contributed by atoms with E-state index in [1.165, 1.54) is 24.3 Å². The number of halogens is 4. The van der Waals surface area contributed by atoms with Gasteiger partial charge in [0.1, 0.15) is 11.5 Å². The van der Waals surface area contributed by atoms with Crippen molar-refractivity contribution in [2.45, 2.75) is 18.3 Å². The fourth-order valence-electron chi connectivity index (χ4n) is 2.56. The largest absolute Gasteiger partial charge is 0.431 e. The number of carbonyl (C=O) groups is 1. The standard InChI is InChI=1S/C17H12F4N2O2/c18-13-8-6-12(7-9-13)16(25)10-14(17(19,20)21)22-23(16)15(24)11-4-2-1-3-5-11/h1-9,25H,10H2/t16-/m1/s1. The topological polar surface area (TPSA) is 52.9 Å². The van der Waals surface area contributed by atoms with Crippen molar-refractivity contribution in [3.63, 3.8) is 0 Å². The predicted molar refractivity (Wildman–Crippen MR) is 81.0 cm³/mol. The lowest BCUT2D eigenvalue weighted by Gasteiger charge is -2.31. The van der Waals surface area contributed by atoms with Gasteiger partial charge in [0, 0.05) is 11.1 Å². The van der Waals surface area contributed by atoms with Gasteiger partial charge >= 0.3 is 6.18 Å². The van der Waals surface area contributed by atoms with Gasteiger partial charge in [0.05, 0.1) is 6.42 Å². The monoisotopic (exact) mass is 352 g/mol. The van der Waals surface area contributed by atoms with Gasteiger partial charge in [-0.1, -0.05) is 30.3 Å². The molecule has 1 atom stereocenters. The molecule has 0 radical (unpaired) electrons. The van der Waals surface area contributed by atoms with Crippen LogP contribution in [0.15, 0.2) is 59.7 Å². The van der Waals surface area contributed by atoms with Crippen molar-refractivity contribution in [2.24, 2.45) is 5.10 Å². The molecule has 0 unspecified atom stereocenters. The Hall–Kier alpha value is -2.74. The van der Waals surface area contributed by atoms with Crippen LogP contribution in [-0.2, 0) is 5.72 Å². The SMILES string of the molecule is O=C(c1ccccc1)N1N=C(C(F)(F)F)C[C@@]1(O)c1ccc(F)cc1. The molecular weight excluding hydrogens is 340 g/mol. The highest BCUT2D eigenvalue weighted by Gasteiger charge is 2.53. The molecule has 0 aromatic heterocycles. The Morgan fingerprint density at radius 2 is 1.68 bits per heavy atom. The number of hydrazone groups is 1. The summed E-state index contributed by atoms with van der Waals surface area (Å²) in [7, 11) is 0.